The molecule has 1 amide bonds. The minimum absolute atomic E-state index is 0.0821. The number of rotatable bonds is 4. The third-order valence-corrected chi connectivity index (χ3v) is 5.02. The maximum absolute atomic E-state index is 12.6. The highest BCUT2D eigenvalue weighted by molar-refractivity contribution is 9.10. The summed E-state index contributed by atoms with van der Waals surface area (Å²) in [5.74, 6) is 0.620. The fourth-order valence-electron chi connectivity index (χ4n) is 2.63. The topological polar surface area (TPSA) is 32.3 Å². The lowest BCUT2D eigenvalue weighted by Crippen LogP contribution is -2.43. The quantitative estimate of drug-likeness (QED) is 0.866. The van der Waals surface area contributed by atoms with Crippen LogP contribution in [0.5, 0.6) is 0 Å². The maximum atomic E-state index is 12.6. The molecular formula is C16H22BrClN2O. The van der Waals surface area contributed by atoms with Crippen LogP contribution in [0.15, 0.2) is 22.7 Å². The number of hydrogen-bond donors (Lipinski definition) is 1. The second-order valence-electron chi connectivity index (χ2n) is 5.95. The molecule has 1 aromatic carbocycles. The summed E-state index contributed by atoms with van der Waals surface area (Å²) in [6.45, 7) is 6.94. The molecule has 1 heterocycles. The Balaban J connectivity index is 1.99. The molecule has 1 N–H and O–H groups in total. The molecule has 2 rings (SSSR count). The van der Waals surface area contributed by atoms with Gasteiger partial charge in [0.15, 0.2) is 0 Å². The smallest absolute Gasteiger partial charge is 0.253 e. The number of halogens is 2. The van der Waals surface area contributed by atoms with Crippen molar-refractivity contribution in [1.82, 2.24) is 10.2 Å². The lowest BCUT2D eigenvalue weighted by molar-refractivity contribution is 0.0672. The number of nitrogens with zero attached hydrogens (tertiary/aromatic N) is 1. The van der Waals surface area contributed by atoms with Crippen LogP contribution >= 0.6 is 27.5 Å². The van der Waals surface area contributed by atoms with Gasteiger partial charge in [-0.1, -0.05) is 25.4 Å². The second kappa shape index (κ2) is 7.61. The normalized spacial score (nSPS) is 19.1. The van der Waals surface area contributed by atoms with Gasteiger partial charge < -0.3 is 10.2 Å². The van der Waals surface area contributed by atoms with Gasteiger partial charge in [0.2, 0.25) is 0 Å². The van der Waals surface area contributed by atoms with Gasteiger partial charge in [-0.3, -0.25) is 4.79 Å². The molecule has 1 atom stereocenters. The van der Waals surface area contributed by atoms with E-state index in [0.29, 0.717) is 22.5 Å². The Bertz CT molecular complexity index is 507. The van der Waals surface area contributed by atoms with E-state index in [1.807, 2.05) is 17.0 Å². The fourth-order valence-corrected chi connectivity index (χ4v) is 3.06. The summed E-state index contributed by atoms with van der Waals surface area (Å²) in [5.41, 5.74) is 0.667. The fraction of sp³-hybridized carbons (Fsp3) is 0.562. The summed E-state index contributed by atoms with van der Waals surface area (Å²) < 4.78 is 0.818. The van der Waals surface area contributed by atoms with Crippen molar-refractivity contribution in [2.24, 2.45) is 5.92 Å². The Hall–Kier alpha value is -0.580. The van der Waals surface area contributed by atoms with Crippen LogP contribution in [0.2, 0.25) is 5.02 Å². The molecule has 3 nitrogen and oxygen atoms in total. The molecule has 21 heavy (non-hydrogen) atoms. The number of amides is 1. The molecule has 0 spiro atoms. The third-order valence-electron chi connectivity index (χ3n) is 3.79. The first-order valence-electron chi connectivity index (χ1n) is 7.45. The van der Waals surface area contributed by atoms with Gasteiger partial charge in [-0.25, -0.2) is 0 Å². The Morgan fingerprint density at radius 2 is 2.29 bits per heavy atom. The van der Waals surface area contributed by atoms with Crippen molar-refractivity contribution >= 4 is 33.4 Å². The van der Waals surface area contributed by atoms with Crippen molar-refractivity contribution in [2.75, 3.05) is 19.6 Å². The molecule has 0 aliphatic carbocycles. The van der Waals surface area contributed by atoms with Crippen molar-refractivity contribution < 1.29 is 4.79 Å². The highest BCUT2D eigenvalue weighted by atomic mass is 79.9. The van der Waals surface area contributed by atoms with Gasteiger partial charge in [0.05, 0.1) is 5.02 Å². The third kappa shape index (κ3) is 4.70. The average Bonchev–Trinajstić information content (AvgIpc) is 2.47. The van der Waals surface area contributed by atoms with E-state index in [2.05, 4.69) is 35.1 Å². The average molecular weight is 374 g/mol. The molecule has 0 aromatic heterocycles. The number of likely N-dealkylation sites (tertiary alicyclic amines) is 1. The Kier molecular flexibility index (Phi) is 6.08. The zero-order chi connectivity index (χ0) is 15.4. The first kappa shape index (κ1) is 16.8. The van der Waals surface area contributed by atoms with Crippen molar-refractivity contribution in [3.63, 3.8) is 0 Å². The molecule has 1 unspecified atom stereocenters. The minimum Gasteiger partial charge on any atom is -0.338 e. The zero-order valence-electron chi connectivity index (χ0n) is 12.5. The number of hydrogen-bond acceptors (Lipinski definition) is 2. The number of piperidine rings is 1. The first-order valence-corrected chi connectivity index (χ1v) is 8.62. The van der Waals surface area contributed by atoms with Crippen LogP contribution in [0.4, 0.5) is 0 Å². The molecule has 0 radical (unpaired) electrons. The lowest BCUT2D eigenvalue weighted by atomic mass is 9.97. The van der Waals surface area contributed by atoms with Gasteiger partial charge in [0.1, 0.15) is 0 Å². The monoisotopic (exact) mass is 372 g/mol. The van der Waals surface area contributed by atoms with Crippen LogP contribution in [0.3, 0.4) is 0 Å². The zero-order valence-corrected chi connectivity index (χ0v) is 14.9. The van der Waals surface area contributed by atoms with Gasteiger partial charge in [-0.2, -0.15) is 0 Å². The van der Waals surface area contributed by atoms with Crippen LogP contribution in [-0.2, 0) is 0 Å². The van der Waals surface area contributed by atoms with Crippen LogP contribution in [0, 0.1) is 5.92 Å². The molecule has 1 aliphatic heterocycles. The van der Waals surface area contributed by atoms with Gasteiger partial charge in [-0.05, 0) is 59.4 Å². The van der Waals surface area contributed by atoms with Crippen LogP contribution in [-0.4, -0.2) is 36.5 Å². The Morgan fingerprint density at radius 1 is 1.52 bits per heavy atom. The molecule has 0 saturated carbocycles. The molecule has 5 heteroatoms. The first-order chi connectivity index (χ1) is 9.97. The summed E-state index contributed by atoms with van der Waals surface area (Å²) in [4.78, 5) is 14.5. The molecule has 116 valence electrons. The molecular weight excluding hydrogens is 352 g/mol. The van der Waals surface area contributed by atoms with Crippen molar-refractivity contribution in [3.8, 4) is 0 Å². The van der Waals surface area contributed by atoms with Crippen molar-refractivity contribution in [3.05, 3.63) is 33.3 Å². The summed E-state index contributed by atoms with van der Waals surface area (Å²) in [7, 11) is 0. The van der Waals surface area contributed by atoms with E-state index in [1.165, 1.54) is 6.42 Å². The highest BCUT2D eigenvalue weighted by Gasteiger charge is 2.24. The number of nitrogens with one attached hydrogen (secondary N) is 1. The molecule has 1 fully saturated rings. The summed E-state index contributed by atoms with van der Waals surface area (Å²) >= 11 is 9.44. The van der Waals surface area contributed by atoms with E-state index in [1.54, 1.807) is 6.07 Å². The predicted molar refractivity (Wildman–Crippen MR) is 90.9 cm³/mol. The van der Waals surface area contributed by atoms with E-state index < -0.39 is 0 Å². The number of carbonyl (C=O) groups is 1. The highest BCUT2D eigenvalue weighted by Crippen LogP contribution is 2.25. The van der Waals surface area contributed by atoms with Gasteiger partial charge >= 0.3 is 0 Å². The predicted octanol–water partition coefficient (Wildman–Crippen LogP) is 3.95. The van der Waals surface area contributed by atoms with E-state index in [4.69, 9.17) is 11.6 Å². The van der Waals surface area contributed by atoms with Crippen molar-refractivity contribution in [2.45, 2.75) is 32.7 Å². The molecule has 0 bridgehead atoms. The molecule has 1 aromatic rings. The van der Waals surface area contributed by atoms with Gasteiger partial charge in [0.25, 0.3) is 5.91 Å². The summed E-state index contributed by atoms with van der Waals surface area (Å²) in [6, 6.07) is 5.89. The Labute approximate surface area is 140 Å². The summed E-state index contributed by atoms with van der Waals surface area (Å²) in [6.07, 6.45) is 2.25. The standard InChI is InChI=1S/C16H22BrClN2O/c1-11(2)19-9-12-4-3-7-20(10-12)16(21)13-5-6-14(17)15(18)8-13/h5-6,8,11-12,19H,3-4,7,9-10H2,1-2H3. The molecule has 1 aliphatic rings. The van der Waals surface area contributed by atoms with E-state index in [0.717, 1.165) is 30.5 Å². The van der Waals surface area contributed by atoms with E-state index >= 15 is 0 Å². The second-order valence-corrected chi connectivity index (χ2v) is 7.21. The largest absolute Gasteiger partial charge is 0.338 e. The van der Waals surface area contributed by atoms with Crippen LogP contribution < -0.4 is 5.32 Å². The number of carbonyl (C=O) groups excluding carboxylic acids is 1. The van der Waals surface area contributed by atoms with Crippen LogP contribution in [0.25, 0.3) is 0 Å². The maximum Gasteiger partial charge on any atom is 0.253 e. The van der Waals surface area contributed by atoms with Gasteiger partial charge in [0, 0.05) is 29.2 Å². The minimum atomic E-state index is 0.0821. The van der Waals surface area contributed by atoms with Gasteiger partial charge in [-0.15, -0.1) is 0 Å². The number of benzene rings is 1. The Morgan fingerprint density at radius 3 is 2.95 bits per heavy atom. The van der Waals surface area contributed by atoms with Crippen molar-refractivity contribution in [1.29, 1.82) is 0 Å². The van der Waals surface area contributed by atoms with E-state index in [9.17, 15) is 4.79 Å². The summed E-state index contributed by atoms with van der Waals surface area (Å²) in [5, 5.41) is 4.05. The van der Waals surface area contributed by atoms with Crippen LogP contribution in [0.1, 0.15) is 37.0 Å². The SMILES string of the molecule is CC(C)NCC1CCCN(C(=O)c2ccc(Br)c(Cl)c2)C1. The lowest BCUT2D eigenvalue weighted by Gasteiger charge is -2.33. The molecule has 1 saturated heterocycles. The van der Waals surface area contributed by atoms with E-state index in [-0.39, 0.29) is 5.91 Å².